The minimum Gasteiger partial charge on any atom is -0.489 e. The lowest BCUT2D eigenvalue weighted by atomic mass is 10.2. The zero-order valence-corrected chi connectivity index (χ0v) is 11.0. The summed E-state index contributed by atoms with van der Waals surface area (Å²) in [7, 11) is 1.84. The average Bonchev–Trinajstić information content (AvgIpc) is 2.81. The second-order valence-electron chi connectivity index (χ2n) is 3.94. The molecule has 0 amide bonds. The minimum absolute atomic E-state index is 0.0381. The van der Waals surface area contributed by atoms with Crippen molar-refractivity contribution in [2.45, 2.75) is 6.61 Å². The number of nitrogens with zero attached hydrogens (tertiary/aromatic N) is 3. The number of benzene rings is 1. The molecule has 0 fully saturated rings. The Kier molecular flexibility index (Phi) is 3.91. The average molecular weight is 281 g/mol. The summed E-state index contributed by atoms with van der Waals surface area (Å²) in [5.41, 5.74) is 6.89. The Balaban J connectivity index is 2.08. The molecule has 0 bridgehead atoms. The molecule has 0 aliphatic carbocycles. The zero-order chi connectivity index (χ0) is 13.8. The van der Waals surface area contributed by atoms with Gasteiger partial charge in [-0.25, -0.2) is 0 Å². The van der Waals surface area contributed by atoms with E-state index in [-0.39, 0.29) is 5.84 Å². The number of nitrogens with two attached hydrogens (primary N) is 1. The lowest BCUT2D eigenvalue weighted by molar-refractivity contribution is 0.306. The van der Waals surface area contributed by atoms with Gasteiger partial charge in [0, 0.05) is 24.4 Å². The molecule has 1 aromatic heterocycles. The van der Waals surface area contributed by atoms with Gasteiger partial charge < -0.3 is 15.7 Å². The van der Waals surface area contributed by atoms with Gasteiger partial charge in [-0.2, -0.15) is 5.10 Å². The zero-order valence-electron chi connectivity index (χ0n) is 10.2. The predicted octanol–water partition coefficient (Wildman–Crippen LogP) is 1.75. The van der Waals surface area contributed by atoms with Crippen molar-refractivity contribution < 1.29 is 9.94 Å². The molecule has 0 aliphatic rings. The van der Waals surface area contributed by atoms with Crippen LogP contribution >= 0.6 is 11.6 Å². The monoisotopic (exact) mass is 280 g/mol. The summed E-state index contributed by atoms with van der Waals surface area (Å²) in [5.74, 6) is 0.562. The third-order valence-corrected chi connectivity index (χ3v) is 2.80. The van der Waals surface area contributed by atoms with Crippen LogP contribution in [0.25, 0.3) is 0 Å². The highest BCUT2D eigenvalue weighted by atomic mass is 35.5. The fraction of sp³-hybridized carbons (Fsp3) is 0.167. The van der Waals surface area contributed by atoms with Crippen LogP contribution in [-0.2, 0) is 13.7 Å². The Morgan fingerprint density at radius 1 is 1.58 bits per heavy atom. The van der Waals surface area contributed by atoms with Gasteiger partial charge in [-0.15, -0.1) is 0 Å². The van der Waals surface area contributed by atoms with Crippen molar-refractivity contribution >= 4 is 17.4 Å². The van der Waals surface area contributed by atoms with Crippen molar-refractivity contribution in [2.24, 2.45) is 17.9 Å². The molecule has 0 unspecified atom stereocenters. The lowest BCUT2D eigenvalue weighted by Crippen LogP contribution is -2.13. The quantitative estimate of drug-likeness (QED) is 0.387. The molecule has 0 saturated carbocycles. The van der Waals surface area contributed by atoms with E-state index in [4.69, 9.17) is 27.3 Å². The molecule has 0 aliphatic heterocycles. The Bertz CT molecular complexity index is 610. The van der Waals surface area contributed by atoms with E-state index in [0.717, 1.165) is 5.56 Å². The van der Waals surface area contributed by atoms with Crippen LogP contribution in [0.4, 0.5) is 0 Å². The van der Waals surface area contributed by atoms with Crippen LogP contribution in [0.15, 0.2) is 35.7 Å². The maximum Gasteiger partial charge on any atom is 0.171 e. The molecule has 7 heteroatoms. The molecular weight excluding hydrogens is 268 g/mol. The first-order valence-corrected chi connectivity index (χ1v) is 5.85. The molecule has 0 atom stereocenters. The van der Waals surface area contributed by atoms with E-state index < -0.39 is 0 Å². The van der Waals surface area contributed by atoms with Crippen LogP contribution in [0, 0.1) is 0 Å². The number of rotatable bonds is 4. The van der Waals surface area contributed by atoms with Gasteiger partial charge in [-0.05, 0) is 18.2 Å². The summed E-state index contributed by atoms with van der Waals surface area (Å²) >= 11 is 6.02. The van der Waals surface area contributed by atoms with E-state index in [1.54, 1.807) is 29.1 Å². The Hall–Kier alpha value is -2.21. The number of ether oxygens (including phenoxy) is 1. The maximum absolute atomic E-state index is 8.60. The summed E-state index contributed by atoms with van der Waals surface area (Å²) < 4.78 is 7.28. The van der Waals surface area contributed by atoms with Gasteiger partial charge in [0.25, 0.3) is 0 Å². The second-order valence-corrected chi connectivity index (χ2v) is 4.35. The molecule has 6 nitrogen and oxygen atoms in total. The first-order chi connectivity index (χ1) is 9.10. The summed E-state index contributed by atoms with van der Waals surface area (Å²) in [6, 6.07) is 4.96. The minimum atomic E-state index is -0.0381. The molecule has 19 heavy (non-hydrogen) atoms. The smallest absolute Gasteiger partial charge is 0.171 e. The first-order valence-electron chi connectivity index (χ1n) is 5.48. The molecule has 2 aromatic rings. The number of hydrogen-bond acceptors (Lipinski definition) is 4. The molecule has 3 N–H and O–H groups in total. The van der Waals surface area contributed by atoms with E-state index in [1.165, 1.54) is 0 Å². The van der Waals surface area contributed by atoms with Crippen LogP contribution in [0.3, 0.4) is 0 Å². The number of halogens is 1. The number of aryl methyl sites for hydroxylation is 1. The fourth-order valence-electron chi connectivity index (χ4n) is 1.56. The van der Waals surface area contributed by atoms with Crippen molar-refractivity contribution in [3.63, 3.8) is 0 Å². The predicted molar refractivity (Wildman–Crippen MR) is 71.5 cm³/mol. The normalized spacial score (nSPS) is 11.6. The summed E-state index contributed by atoms with van der Waals surface area (Å²) in [6.45, 7) is 0.396. The van der Waals surface area contributed by atoms with Gasteiger partial charge in [0.1, 0.15) is 12.4 Å². The molecule has 0 radical (unpaired) electrons. The van der Waals surface area contributed by atoms with Crippen molar-refractivity contribution in [1.29, 1.82) is 0 Å². The highest BCUT2D eigenvalue weighted by Crippen LogP contribution is 2.23. The molecule has 100 valence electrons. The second kappa shape index (κ2) is 5.62. The van der Waals surface area contributed by atoms with E-state index in [0.29, 0.717) is 22.9 Å². The molecule has 0 spiro atoms. The molecule has 0 saturated heterocycles. The summed E-state index contributed by atoms with van der Waals surface area (Å²) in [5, 5.41) is 15.9. The van der Waals surface area contributed by atoms with E-state index in [1.807, 2.05) is 13.2 Å². The van der Waals surface area contributed by atoms with Crippen LogP contribution < -0.4 is 10.5 Å². The topological polar surface area (TPSA) is 85.7 Å². The molecule has 1 aromatic carbocycles. The highest BCUT2D eigenvalue weighted by Gasteiger charge is 2.07. The lowest BCUT2D eigenvalue weighted by Gasteiger charge is -2.07. The van der Waals surface area contributed by atoms with Crippen molar-refractivity contribution in [1.82, 2.24) is 9.78 Å². The van der Waals surface area contributed by atoms with Gasteiger partial charge in [-0.3, -0.25) is 4.68 Å². The van der Waals surface area contributed by atoms with E-state index >= 15 is 0 Å². The Labute approximate surface area is 115 Å². The molecular formula is C12H13ClN4O2. The number of oxime groups is 1. The van der Waals surface area contributed by atoms with Crippen LogP contribution in [0.1, 0.15) is 11.1 Å². The fourth-order valence-corrected chi connectivity index (χ4v) is 1.83. The van der Waals surface area contributed by atoms with Crippen LogP contribution in [-0.4, -0.2) is 20.8 Å². The largest absolute Gasteiger partial charge is 0.489 e. The molecule has 2 rings (SSSR count). The molecule has 1 heterocycles. The van der Waals surface area contributed by atoms with Crippen molar-refractivity contribution in [3.05, 3.63) is 46.7 Å². The van der Waals surface area contributed by atoms with E-state index in [9.17, 15) is 0 Å². The van der Waals surface area contributed by atoms with Gasteiger partial charge in [-0.1, -0.05) is 16.8 Å². The Morgan fingerprint density at radius 2 is 2.37 bits per heavy atom. The van der Waals surface area contributed by atoms with Gasteiger partial charge in [0.15, 0.2) is 5.84 Å². The Morgan fingerprint density at radius 3 is 2.95 bits per heavy atom. The van der Waals surface area contributed by atoms with Crippen molar-refractivity contribution in [3.8, 4) is 5.75 Å². The van der Waals surface area contributed by atoms with Gasteiger partial charge >= 0.3 is 0 Å². The van der Waals surface area contributed by atoms with Crippen molar-refractivity contribution in [2.75, 3.05) is 0 Å². The number of amidine groups is 1. The summed E-state index contributed by atoms with van der Waals surface area (Å²) in [4.78, 5) is 0. The highest BCUT2D eigenvalue weighted by molar-refractivity contribution is 6.34. The number of aromatic nitrogens is 2. The summed E-state index contributed by atoms with van der Waals surface area (Å²) in [6.07, 6.45) is 3.60. The first kappa shape index (κ1) is 13.2. The maximum atomic E-state index is 8.60. The SMILES string of the molecule is Cn1cc(COc2ccc(/C(N)=N/O)c(Cl)c2)cn1. The van der Waals surface area contributed by atoms with Gasteiger partial charge in [0.2, 0.25) is 0 Å². The van der Waals surface area contributed by atoms with E-state index in [2.05, 4.69) is 10.3 Å². The third kappa shape index (κ3) is 3.17. The van der Waals surface area contributed by atoms with Gasteiger partial charge in [0.05, 0.1) is 11.2 Å². The third-order valence-electron chi connectivity index (χ3n) is 2.49. The number of hydrogen-bond donors (Lipinski definition) is 2. The standard InChI is InChI=1S/C12H13ClN4O2/c1-17-6-8(5-15-17)7-19-9-2-3-10(11(13)4-9)12(14)16-18/h2-6,18H,7H2,1H3,(H2,14,16). The van der Waals surface area contributed by atoms with Crippen LogP contribution in [0.5, 0.6) is 5.75 Å². The van der Waals surface area contributed by atoms with Crippen LogP contribution in [0.2, 0.25) is 5.02 Å².